The summed E-state index contributed by atoms with van der Waals surface area (Å²) in [6, 6.07) is 7.92. The molecule has 1 aromatic carbocycles. The molecule has 0 aromatic heterocycles. The van der Waals surface area contributed by atoms with Gasteiger partial charge in [-0.15, -0.1) is 0 Å². The normalized spacial score (nSPS) is 27.2. The van der Waals surface area contributed by atoms with Crippen molar-refractivity contribution in [3.8, 4) is 5.75 Å². The molecule has 0 unspecified atom stereocenters. The topological polar surface area (TPSA) is 27.7 Å². The number of benzene rings is 1. The first kappa shape index (κ1) is 14.4. The lowest BCUT2D eigenvalue weighted by atomic mass is 9.95. The van der Waals surface area contributed by atoms with Gasteiger partial charge in [0.15, 0.2) is 6.29 Å². The molecule has 2 rings (SSSR count). The first-order valence-electron chi connectivity index (χ1n) is 7.19. The first-order chi connectivity index (χ1) is 9.28. The van der Waals surface area contributed by atoms with Crippen LogP contribution < -0.4 is 4.74 Å². The van der Waals surface area contributed by atoms with E-state index in [2.05, 4.69) is 13.8 Å². The van der Waals surface area contributed by atoms with E-state index in [-0.39, 0.29) is 6.29 Å². The van der Waals surface area contributed by atoms with Crippen LogP contribution in [0.4, 0.5) is 0 Å². The predicted octanol–water partition coefficient (Wildman–Crippen LogP) is 3.94. The molecule has 19 heavy (non-hydrogen) atoms. The van der Waals surface area contributed by atoms with Crippen LogP contribution in [0.3, 0.4) is 0 Å². The molecule has 1 aliphatic rings. The van der Waals surface area contributed by atoms with Crippen molar-refractivity contribution in [2.75, 3.05) is 13.7 Å². The van der Waals surface area contributed by atoms with Crippen molar-refractivity contribution >= 4 is 0 Å². The Morgan fingerprint density at radius 2 is 1.95 bits per heavy atom. The quantitative estimate of drug-likeness (QED) is 0.806. The third-order valence-corrected chi connectivity index (χ3v) is 3.77. The van der Waals surface area contributed by atoms with Crippen LogP contribution in [-0.4, -0.2) is 19.8 Å². The van der Waals surface area contributed by atoms with Gasteiger partial charge in [0, 0.05) is 11.5 Å². The summed E-state index contributed by atoms with van der Waals surface area (Å²) in [5.41, 5.74) is 1.07. The molecule has 3 nitrogen and oxygen atoms in total. The fraction of sp³-hybridized carbons (Fsp3) is 0.625. The van der Waals surface area contributed by atoms with Crippen LogP contribution in [-0.2, 0) is 9.47 Å². The molecule has 0 spiro atoms. The second-order valence-corrected chi connectivity index (χ2v) is 5.07. The lowest BCUT2D eigenvalue weighted by Crippen LogP contribution is -2.35. The molecule has 1 aromatic rings. The molecule has 0 radical (unpaired) electrons. The van der Waals surface area contributed by atoms with Crippen LogP contribution in [0.25, 0.3) is 0 Å². The molecular weight excluding hydrogens is 240 g/mol. The molecule has 106 valence electrons. The van der Waals surface area contributed by atoms with Gasteiger partial charge in [-0.25, -0.2) is 0 Å². The van der Waals surface area contributed by atoms with Crippen molar-refractivity contribution < 1.29 is 14.2 Å². The maximum atomic E-state index is 6.13. The highest BCUT2D eigenvalue weighted by Crippen LogP contribution is 2.33. The minimum Gasteiger partial charge on any atom is -0.497 e. The smallest absolute Gasteiger partial charge is 0.184 e. The maximum Gasteiger partial charge on any atom is 0.184 e. The molecule has 0 amide bonds. The molecule has 3 atom stereocenters. The largest absolute Gasteiger partial charge is 0.497 e. The highest BCUT2D eigenvalue weighted by Gasteiger charge is 2.30. The van der Waals surface area contributed by atoms with Gasteiger partial charge in [-0.3, -0.25) is 0 Å². The summed E-state index contributed by atoms with van der Waals surface area (Å²) in [6.07, 6.45) is 3.45. The number of hydrogen-bond donors (Lipinski definition) is 0. The molecule has 0 aliphatic carbocycles. The van der Waals surface area contributed by atoms with Gasteiger partial charge >= 0.3 is 0 Å². The molecule has 1 fully saturated rings. The second kappa shape index (κ2) is 6.92. The third kappa shape index (κ3) is 3.48. The Morgan fingerprint density at radius 1 is 1.21 bits per heavy atom. The summed E-state index contributed by atoms with van der Waals surface area (Å²) in [6.45, 7) is 5.19. The van der Waals surface area contributed by atoms with E-state index in [1.165, 1.54) is 0 Å². The molecular formula is C16H24O3. The Morgan fingerprint density at radius 3 is 2.53 bits per heavy atom. The van der Waals surface area contributed by atoms with Crippen molar-refractivity contribution in [3.05, 3.63) is 29.8 Å². The Labute approximate surface area is 115 Å². The number of rotatable bonds is 5. The van der Waals surface area contributed by atoms with Gasteiger partial charge in [0.2, 0.25) is 0 Å². The maximum absolute atomic E-state index is 6.13. The van der Waals surface area contributed by atoms with Crippen molar-refractivity contribution in [3.63, 3.8) is 0 Å². The van der Waals surface area contributed by atoms with E-state index in [0.29, 0.717) is 12.0 Å². The third-order valence-electron chi connectivity index (χ3n) is 3.77. The monoisotopic (exact) mass is 264 g/mol. The zero-order valence-corrected chi connectivity index (χ0v) is 12.1. The van der Waals surface area contributed by atoms with Crippen molar-refractivity contribution in [2.45, 2.75) is 45.5 Å². The van der Waals surface area contributed by atoms with Gasteiger partial charge in [0.05, 0.1) is 19.8 Å². The highest BCUT2D eigenvalue weighted by molar-refractivity contribution is 5.27. The summed E-state index contributed by atoms with van der Waals surface area (Å²) < 4.78 is 17.2. The summed E-state index contributed by atoms with van der Waals surface area (Å²) in [5.74, 6) is 1.38. The van der Waals surface area contributed by atoms with Crippen molar-refractivity contribution in [1.29, 1.82) is 0 Å². The van der Waals surface area contributed by atoms with Gasteiger partial charge in [-0.1, -0.05) is 32.4 Å². The summed E-state index contributed by atoms with van der Waals surface area (Å²) in [5, 5.41) is 0. The number of ether oxygens (including phenoxy) is 3. The summed E-state index contributed by atoms with van der Waals surface area (Å²) >= 11 is 0. The molecule has 1 saturated heterocycles. The number of methoxy groups -OCH3 is 1. The molecule has 1 heterocycles. The van der Waals surface area contributed by atoms with Crippen molar-refractivity contribution in [2.24, 2.45) is 5.92 Å². The molecule has 0 saturated carbocycles. The zero-order chi connectivity index (χ0) is 13.7. The van der Waals surface area contributed by atoms with E-state index in [1.807, 2.05) is 24.3 Å². The Bertz CT molecular complexity index is 374. The Kier molecular flexibility index (Phi) is 5.23. The van der Waals surface area contributed by atoms with E-state index in [4.69, 9.17) is 14.2 Å². The van der Waals surface area contributed by atoms with Crippen LogP contribution >= 0.6 is 0 Å². The number of hydrogen-bond acceptors (Lipinski definition) is 3. The minimum atomic E-state index is -0.231. The van der Waals surface area contributed by atoms with E-state index in [9.17, 15) is 0 Å². The van der Waals surface area contributed by atoms with E-state index >= 15 is 0 Å². The highest BCUT2D eigenvalue weighted by atomic mass is 16.7. The Hall–Kier alpha value is -1.06. The first-order valence-corrected chi connectivity index (χ1v) is 7.19. The van der Waals surface area contributed by atoms with Gasteiger partial charge < -0.3 is 14.2 Å². The van der Waals surface area contributed by atoms with E-state index < -0.39 is 0 Å². The lowest BCUT2D eigenvalue weighted by molar-refractivity contribution is -0.243. The molecule has 0 bridgehead atoms. The van der Waals surface area contributed by atoms with Crippen LogP contribution in [0, 0.1) is 5.92 Å². The second-order valence-electron chi connectivity index (χ2n) is 5.07. The van der Waals surface area contributed by atoms with Crippen molar-refractivity contribution in [1.82, 2.24) is 0 Å². The van der Waals surface area contributed by atoms with E-state index in [0.717, 1.165) is 37.2 Å². The average molecular weight is 264 g/mol. The average Bonchev–Trinajstić information content (AvgIpc) is 2.47. The van der Waals surface area contributed by atoms with Crippen LogP contribution in [0.1, 0.15) is 45.0 Å². The molecule has 3 heteroatoms. The van der Waals surface area contributed by atoms with Crippen LogP contribution in [0.15, 0.2) is 24.3 Å². The van der Waals surface area contributed by atoms with Gasteiger partial charge in [0.1, 0.15) is 5.75 Å². The van der Waals surface area contributed by atoms with Gasteiger partial charge in [0.25, 0.3) is 0 Å². The fourth-order valence-corrected chi connectivity index (χ4v) is 2.53. The fourth-order valence-electron chi connectivity index (χ4n) is 2.53. The minimum absolute atomic E-state index is 0.231. The standard InChI is InChI=1S/C16H24O3/c1-4-6-15-12(5-2)11-18-16(19-15)13-7-9-14(17-3)10-8-13/h7-10,12,15-16H,4-6,11H2,1-3H3/t12-,15+,16-/m0/s1. The zero-order valence-electron chi connectivity index (χ0n) is 12.1. The predicted molar refractivity (Wildman–Crippen MR) is 75.2 cm³/mol. The van der Waals surface area contributed by atoms with Gasteiger partial charge in [-0.2, -0.15) is 0 Å². The lowest BCUT2D eigenvalue weighted by Gasteiger charge is -2.36. The Balaban J connectivity index is 2.04. The molecule has 1 aliphatic heterocycles. The van der Waals surface area contributed by atoms with Crippen LogP contribution in [0.2, 0.25) is 0 Å². The summed E-state index contributed by atoms with van der Waals surface area (Å²) in [7, 11) is 1.67. The van der Waals surface area contributed by atoms with E-state index in [1.54, 1.807) is 7.11 Å². The summed E-state index contributed by atoms with van der Waals surface area (Å²) in [4.78, 5) is 0. The van der Waals surface area contributed by atoms with Gasteiger partial charge in [-0.05, 0) is 25.0 Å². The van der Waals surface area contributed by atoms with Crippen LogP contribution in [0.5, 0.6) is 5.75 Å². The SMILES string of the molecule is CCC[C@H]1O[C@@H](c2ccc(OC)cc2)OC[C@@H]1CC. The molecule has 0 N–H and O–H groups in total.